The van der Waals surface area contributed by atoms with Crippen molar-refractivity contribution in [2.24, 2.45) is 0 Å². The van der Waals surface area contributed by atoms with Crippen molar-refractivity contribution >= 4 is 17.8 Å². The summed E-state index contributed by atoms with van der Waals surface area (Å²) in [4.78, 5) is 43.8. The van der Waals surface area contributed by atoms with E-state index in [0.29, 0.717) is 26.1 Å². The number of hydrogen-bond donors (Lipinski definition) is 1. The van der Waals surface area contributed by atoms with Gasteiger partial charge in [-0.05, 0) is 29.2 Å². The number of hydrogen-bond acceptors (Lipinski definition) is 4. The molecule has 0 saturated carbocycles. The smallest absolute Gasteiger partial charge is 0.332 e. The van der Waals surface area contributed by atoms with Crippen LogP contribution in [0.5, 0.6) is 0 Å². The van der Waals surface area contributed by atoms with Gasteiger partial charge in [-0.15, -0.1) is 0 Å². The van der Waals surface area contributed by atoms with Crippen molar-refractivity contribution in [3.05, 3.63) is 107 Å². The fourth-order valence-electron chi connectivity index (χ4n) is 5.29. The number of piperazine rings is 1. The molecule has 2 heterocycles. The van der Waals surface area contributed by atoms with Crippen molar-refractivity contribution in [2.75, 3.05) is 20.1 Å². The summed E-state index contributed by atoms with van der Waals surface area (Å²) in [6.07, 6.45) is -0.0189. The first kappa shape index (κ1) is 25.5. The van der Waals surface area contributed by atoms with Crippen LogP contribution in [0.4, 0.5) is 4.79 Å². The van der Waals surface area contributed by atoms with E-state index >= 15 is 0 Å². The second-order valence-electron chi connectivity index (χ2n) is 9.90. The molecule has 38 heavy (non-hydrogen) atoms. The molecule has 2 aliphatic heterocycles. The molecule has 3 aromatic rings. The number of carbonyl (C=O) groups excluding carboxylic acids is 3. The summed E-state index contributed by atoms with van der Waals surface area (Å²) < 4.78 is 0. The zero-order chi connectivity index (χ0) is 26.6. The highest BCUT2D eigenvalue weighted by Crippen LogP contribution is 2.30. The highest BCUT2D eigenvalue weighted by molar-refractivity contribution is 5.91. The maximum atomic E-state index is 13.8. The van der Waals surface area contributed by atoms with Crippen molar-refractivity contribution in [2.45, 2.75) is 38.6 Å². The number of urea groups is 1. The van der Waals surface area contributed by atoms with Crippen molar-refractivity contribution < 1.29 is 14.4 Å². The molecule has 3 aromatic carbocycles. The Bertz CT molecular complexity index is 1300. The maximum absolute atomic E-state index is 13.8. The van der Waals surface area contributed by atoms with Gasteiger partial charge in [0.05, 0.1) is 13.1 Å². The number of aryl methyl sites for hydroxylation is 1. The van der Waals surface area contributed by atoms with Gasteiger partial charge < -0.3 is 15.1 Å². The third kappa shape index (κ3) is 5.26. The van der Waals surface area contributed by atoms with Gasteiger partial charge in [0.2, 0.25) is 11.8 Å². The van der Waals surface area contributed by atoms with Crippen molar-refractivity contribution in [1.29, 1.82) is 0 Å². The quantitative estimate of drug-likeness (QED) is 0.529. The lowest BCUT2D eigenvalue weighted by molar-refractivity contribution is -0.157. The van der Waals surface area contributed by atoms with Crippen LogP contribution in [0.15, 0.2) is 84.9 Å². The minimum Gasteiger partial charge on any atom is -0.333 e. The van der Waals surface area contributed by atoms with Gasteiger partial charge in [0.15, 0.2) is 0 Å². The molecule has 2 fully saturated rings. The molecule has 0 aromatic heterocycles. The van der Waals surface area contributed by atoms with E-state index in [4.69, 9.17) is 0 Å². The average molecular weight is 512 g/mol. The summed E-state index contributed by atoms with van der Waals surface area (Å²) in [6.45, 7) is 3.23. The second-order valence-corrected chi connectivity index (χ2v) is 9.90. The topological polar surface area (TPSA) is 76.2 Å². The van der Waals surface area contributed by atoms with Crippen LogP contribution in [0.1, 0.15) is 22.3 Å². The zero-order valence-corrected chi connectivity index (χ0v) is 21.8. The maximum Gasteiger partial charge on any atom is 0.332 e. The minimum atomic E-state index is -0.640. The number of rotatable bonds is 7. The summed E-state index contributed by atoms with van der Waals surface area (Å²) in [5.74, 6) is -0.220. The number of hydrazine groups is 1. The zero-order valence-electron chi connectivity index (χ0n) is 21.8. The van der Waals surface area contributed by atoms with Crippen LogP contribution in [-0.4, -0.2) is 70.0 Å². The lowest BCUT2D eigenvalue weighted by Gasteiger charge is -2.46. The van der Waals surface area contributed by atoms with E-state index in [9.17, 15) is 14.4 Å². The minimum absolute atomic E-state index is 0.0384. The molecular weight excluding hydrogens is 478 g/mol. The Balaban J connectivity index is 1.39. The molecule has 0 aliphatic carbocycles. The monoisotopic (exact) mass is 511 g/mol. The van der Waals surface area contributed by atoms with Crippen LogP contribution in [-0.2, 0) is 29.1 Å². The largest absolute Gasteiger partial charge is 0.333 e. The number of nitrogens with one attached hydrogen (secondary N) is 1. The van der Waals surface area contributed by atoms with E-state index in [1.807, 2.05) is 96.8 Å². The highest BCUT2D eigenvalue weighted by Gasteiger charge is 2.51. The standard InChI is InChI=1S/C30H33N5O3/c1-22-11-9-10-16-25(22)19-33-20-27-34(32(2)30(38)31-18-24-14-7-4-8-15-24)21-28(36)35(27)26(29(33)37)17-23-12-5-3-6-13-23/h3-16,26-27H,17-21H2,1-2H3,(H,31,38)/t26-,27+/m0/s1. The fourth-order valence-corrected chi connectivity index (χ4v) is 5.29. The Morgan fingerprint density at radius 3 is 2.24 bits per heavy atom. The third-order valence-electron chi connectivity index (χ3n) is 7.43. The van der Waals surface area contributed by atoms with Crippen LogP contribution in [0.25, 0.3) is 0 Å². The molecule has 196 valence electrons. The predicted molar refractivity (Wildman–Crippen MR) is 144 cm³/mol. The van der Waals surface area contributed by atoms with Gasteiger partial charge in [-0.1, -0.05) is 84.9 Å². The molecule has 0 spiro atoms. The molecule has 2 atom stereocenters. The predicted octanol–water partition coefficient (Wildman–Crippen LogP) is 3.18. The molecule has 0 radical (unpaired) electrons. The molecule has 1 N–H and O–H groups in total. The Morgan fingerprint density at radius 2 is 1.55 bits per heavy atom. The molecule has 2 aliphatic rings. The summed E-state index contributed by atoms with van der Waals surface area (Å²) >= 11 is 0. The Morgan fingerprint density at radius 1 is 0.921 bits per heavy atom. The van der Waals surface area contributed by atoms with Gasteiger partial charge in [-0.3, -0.25) is 14.6 Å². The normalized spacial score (nSPS) is 19.4. The SMILES string of the molecule is Cc1ccccc1CN1C[C@H]2N(C(=O)CN2N(C)C(=O)NCc2ccccc2)[C@@H](Cc2ccccc2)C1=O. The lowest BCUT2D eigenvalue weighted by atomic mass is 9.99. The van der Waals surface area contributed by atoms with Crippen molar-refractivity contribution in [3.63, 3.8) is 0 Å². The van der Waals surface area contributed by atoms with E-state index in [1.54, 1.807) is 17.0 Å². The third-order valence-corrected chi connectivity index (χ3v) is 7.43. The first-order chi connectivity index (χ1) is 18.4. The van der Waals surface area contributed by atoms with Gasteiger partial charge in [-0.2, -0.15) is 5.01 Å². The van der Waals surface area contributed by atoms with E-state index in [2.05, 4.69) is 5.32 Å². The van der Waals surface area contributed by atoms with Gasteiger partial charge >= 0.3 is 6.03 Å². The highest BCUT2D eigenvalue weighted by atomic mass is 16.2. The van der Waals surface area contributed by atoms with Crippen LogP contribution in [0.3, 0.4) is 0 Å². The fraction of sp³-hybridized carbons (Fsp3) is 0.300. The summed E-state index contributed by atoms with van der Waals surface area (Å²) in [6, 6.07) is 26.5. The summed E-state index contributed by atoms with van der Waals surface area (Å²) in [5.41, 5.74) is 4.16. The summed E-state index contributed by atoms with van der Waals surface area (Å²) in [5, 5.41) is 6.19. The number of fused-ring (bicyclic) bond motifs is 1. The Hall–Kier alpha value is -4.17. The van der Waals surface area contributed by atoms with E-state index in [0.717, 1.165) is 22.3 Å². The molecule has 8 nitrogen and oxygen atoms in total. The van der Waals surface area contributed by atoms with Crippen LogP contribution in [0, 0.1) is 6.92 Å². The van der Waals surface area contributed by atoms with E-state index in [-0.39, 0.29) is 24.4 Å². The van der Waals surface area contributed by atoms with Crippen molar-refractivity contribution in [3.8, 4) is 0 Å². The molecule has 0 unspecified atom stereocenters. The molecule has 5 rings (SSSR count). The molecule has 0 bridgehead atoms. The number of amides is 4. The second kappa shape index (κ2) is 11.1. The Labute approximate surface area is 223 Å². The first-order valence-electron chi connectivity index (χ1n) is 12.9. The Kier molecular flexibility index (Phi) is 7.42. The molecule has 8 heteroatoms. The molecule has 4 amide bonds. The summed E-state index contributed by atoms with van der Waals surface area (Å²) in [7, 11) is 1.67. The van der Waals surface area contributed by atoms with Gasteiger partial charge in [0.1, 0.15) is 12.2 Å². The van der Waals surface area contributed by atoms with Crippen LogP contribution < -0.4 is 5.32 Å². The molecular formula is C30H33N5O3. The molecule has 2 saturated heterocycles. The van der Waals surface area contributed by atoms with E-state index in [1.165, 1.54) is 5.01 Å². The van der Waals surface area contributed by atoms with E-state index < -0.39 is 12.2 Å². The van der Waals surface area contributed by atoms with Gasteiger partial charge in [0.25, 0.3) is 0 Å². The van der Waals surface area contributed by atoms with Gasteiger partial charge in [0, 0.05) is 26.6 Å². The van der Waals surface area contributed by atoms with Crippen LogP contribution >= 0.6 is 0 Å². The number of carbonyl (C=O) groups is 3. The number of benzene rings is 3. The van der Waals surface area contributed by atoms with Crippen LogP contribution in [0.2, 0.25) is 0 Å². The first-order valence-corrected chi connectivity index (χ1v) is 12.9. The number of nitrogens with zero attached hydrogens (tertiary/aromatic N) is 4. The van der Waals surface area contributed by atoms with Gasteiger partial charge in [-0.25, -0.2) is 4.79 Å². The average Bonchev–Trinajstić information content (AvgIpc) is 3.27. The van der Waals surface area contributed by atoms with Crippen molar-refractivity contribution in [1.82, 2.24) is 25.1 Å². The lowest BCUT2D eigenvalue weighted by Crippen LogP contribution is -2.65.